The zero-order chi connectivity index (χ0) is 12.6. The van der Waals surface area contributed by atoms with E-state index in [1.54, 1.807) is 6.92 Å². The molecule has 0 aromatic heterocycles. The lowest BCUT2D eigenvalue weighted by Gasteiger charge is -2.23. The molecule has 1 aromatic rings. The SMILES string of the molecule is Cc1ccc(C(F)(C(=O)O)C(F)(F)F)cc1. The monoisotopic (exact) mass is 236 g/mol. The molecule has 0 spiro atoms. The Labute approximate surface area is 88.5 Å². The van der Waals surface area contributed by atoms with Crippen LogP contribution in [0.1, 0.15) is 11.1 Å². The van der Waals surface area contributed by atoms with Crippen LogP contribution in [0.25, 0.3) is 0 Å². The summed E-state index contributed by atoms with van der Waals surface area (Å²) in [5, 5.41) is 8.40. The number of hydrogen-bond acceptors (Lipinski definition) is 1. The Morgan fingerprint density at radius 3 is 1.88 bits per heavy atom. The summed E-state index contributed by atoms with van der Waals surface area (Å²) in [6, 6.07) is 4.07. The molecule has 88 valence electrons. The standard InChI is InChI=1S/C10H8F4O2/c1-6-2-4-7(5-3-6)9(11,8(15)16)10(12,13)14/h2-5H,1H3,(H,15,16). The lowest BCUT2D eigenvalue weighted by molar-refractivity contribution is -0.240. The topological polar surface area (TPSA) is 37.3 Å². The van der Waals surface area contributed by atoms with Gasteiger partial charge >= 0.3 is 17.8 Å². The second-order valence-electron chi connectivity index (χ2n) is 3.33. The summed E-state index contributed by atoms with van der Waals surface area (Å²) in [5.41, 5.74) is -4.68. The van der Waals surface area contributed by atoms with Gasteiger partial charge in [0.1, 0.15) is 0 Å². The zero-order valence-electron chi connectivity index (χ0n) is 8.18. The average Bonchev–Trinajstić information content (AvgIpc) is 2.15. The number of hydrogen-bond donors (Lipinski definition) is 1. The molecule has 0 saturated heterocycles. The van der Waals surface area contributed by atoms with Crippen LogP contribution in [-0.2, 0) is 10.5 Å². The van der Waals surface area contributed by atoms with Gasteiger partial charge in [0.05, 0.1) is 0 Å². The minimum atomic E-state index is -5.49. The summed E-state index contributed by atoms with van der Waals surface area (Å²) < 4.78 is 50.7. The first-order valence-corrected chi connectivity index (χ1v) is 4.26. The summed E-state index contributed by atoms with van der Waals surface area (Å²) in [5.74, 6) is -2.57. The maximum atomic E-state index is 13.6. The molecule has 1 aromatic carbocycles. The van der Waals surface area contributed by atoms with Gasteiger partial charge in [0, 0.05) is 5.56 Å². The smallest absolute Gasteiger partial charge is 0.437 e. The molecule has 0 aliphatic rings. The van der Waals surface area contributed by atoms with Gasteiger partial charge in [-0.2, -0.15) is 13.2 Å². The summed E-state index contributed by atoms with van der Waals surface area (Å²) >= 11 is 0. The van der Waals surface area contributed by atoms with Crippen LogP contribution in [0.2, 0.25) is 0 Å². The van der Waals surface area contributed by atoms with Crippen molar-refractivity contribution in [3.63, 3.8) is 0 Å². The van der Waals surface area contributed by atoms with Crippen LogP contribution in [0.4, 0.5) is 17.6 Å². The highest BCUT2D eigenvalue weighted by molar-refractivity contribution is 5.80. The van der Waals surface area contributed by atoms with E-state index in [0.717, 1.165) is 12.1 Å². The molecule has 1 rings (SSSR count). The Bertz CT molecular complexity index is 396. The molecule has 0 amide bonds. The Hall–Kier alpha value is -1.59. The predicted molar refractivity (Wildman–Crippen MR) is 47.7 cm³/mol. The number of carboxylic acid groups (broad SMARTS) is 1. The van der Waals surface area contributed by atoms with Crippen molar-refractivity contribution in [3.05, 3.63) is 35.4 Å². The van der Waals surface area contributed by atoms with Gasteiger partial charge in [-0.15, -0.1) is 0 Å². The molecule has 1 atom stereocenters. The van der Waals surface area contributed by atoms with E-state index < -0.39 is 23.4 Å². The Morgan fingerprint density at radius 2 is 1.56 bits per heavy atom. The molecule has 0 heterocycles. The largest absolute Gasteiger partial charge is 0.478 e. The molecule has 2 nitrogen and oxygen atoms in total. The minimum Gasteiger partial charge on any atom is -0.478 e. The van der Waals surface area contributed by atoms with Crippen molar-refractivity contribution >= 4 is 5.97 Å². The predicted octanol–water partition coefficient (Wildman–Crippen LogP) is 2.81. The van der Waals surface area contributed by atoms with Crippen molar-refractivity contribution in [1.29, 1.82) is 0 Å². The molecule has 0 radical (unpaired) electrons. The fraction of sp³-hybridized carbons (Fsp3) is 0.300. The third-order valence-electron chi connectivity index (χ3n) is 2.13. The van der Waals surface area contributed by atoms with E-state index >= 15 is 0 Å². The number of carboxylic acids is 1. The summed E-state index contributed by atoms with van der Waals surface area (Å²) in [7, 11) is 0. The first-order chi connectivity index (χ1) is 7.19. The van der Waals surface area contributed by atoms with Gasteiger partial charge in [0.25, 0.3) is 0 Å². The second-order valence-corrected chi connectivity index (χ2v) is 3.33. The Morgan fingerprint density at radius 1 is 1.12 bits per heavy atom. The van der Waals surface area contributed by atoms with Crippen LogP contribution in [0, 0.1) is 6.92 Å². The summed E-state index contributed by atoms with van der Waals surface area (Å²) in [4.78, 5) is 10.5. The summed E-state index contributed by atoms with van der Waals surface area (Å²) in [6.45, 7) is 1.60. The molecule has 0 aliphatic carbocycles. The van der Waals surface area contributed by atoms with Crippen molar-refractivity contribution in [1.82, 2.24) is 0 Å². The number of rotatable bonds is 2. The van der Waals surface area contributed by atoms with E-state index in [1.165, 1.54) is 12.1 Å². The molecular formula is C10H8F4O2. The lowest BCUT2D eigenvalue weighted by Crippen LogP contribution is -2.45. The van der Waals surface area contributed by atoms with Crippen molar-refractivity contribution in [2.75, 3.05) is 0 Å². The third kappa shape index (κ3) is 1.87. The van der Waals surface area contributed by atoms with Crippen molar-refractivity contribution in [3.8, 4) is 0 Å². The van der Waals surface area contributed by atoms with Crippen molar-refractivity contribution in [2.24, 2.45) is 0 Å². The normalized spacial score (nSPS) is 15.6. The molecular weight excluding hydrogens is 228 g/mol. The van der Waals surface area contributed by atoms with Crippen LogP contribution >= 0.6 is 0 Å². The van der Waals surface area contributed by atoms with E-state index in [9.17, 15) is 22.4 Å². The maximum absolute atomic E-state index is 13.6. The number of alkyl halides is 4. The fourth-order valence-electron chi connectivity index (χ4n) is 1.19. The van der Waals surface area contributed by atoms with Gasteiger partial charge in [-0.25, -0.2) is 9.18 Å². The van der Waals surface area contributed by atoms with Crippen LogP contribution in [0.3, 0.4) is 0 Å². The van der Waals surface area contributed by atoms with E-state index in [-0.39, 0.29) is 0 Å². The van der Waals surface area contributed by atoms with Gasteiger partial charge in [-0.1, -0.05) is 29.8 Å². The van der Waals surface area contributed by atoms with E-state index in [0.29, 0.717) is 5.56 Å². The number of aliphatic carboxylic acids is 1. The fourth-order valence-corrected chi connectivity index (χ4v) is 1.19. The first-order valence-electron chi connectivity index (χ1n) is 4.26. The highest BCUT2D eigenvalue weighted by atomic mass is 19.4. The summed E-state index contributed by atoms with van der Waals surface area (Å²) in [6.07, 6.45) is -5.49. The Kier molecular flexibility index (Phi) is 2.94. The molecule has 0 bridgehead atoms. The van der Waals surface area contributed by atoms with Crippen LogP contribution in [-0.4, -0.2) is 17.3 Å². The van der Waals surface area contributed by atoms with Crippen LogP contribution in [0.5, 0.6) is 0 Å². The molecule has 6 heteroatoms. The van der Waals surface area contributed by atoms with Gasteiger partial charge in [0.15, 0.2) is 0 Å². The van der Waals surface area contributed by atoms with Crippen molar-refractivity contribution < 1.29 is 27.5 Å². The number of aryl methyl sites for hydroxylation is 1. The van der Waals surface area contributed by atoms with Gasteiger partial charge in [0.2, 0.25) is 0 Å². The highest BCUT2D eigenvalue weighted by Gasteiger charge is 2.63. The average molecular weight is 236 g/mol. The number of benzene rings is 1. The van der Waals surface area contributed by atoms with E-state index in [1.807, 2.05) is 0 Å². The molecule has 0 fully saturated rings. The minimum absolute atomic E-state index is 0.610. The number of carbonyl (C=O) groups is 1. The molecule has 0 saturated carbocycles. The van der Waals surface area contributed by atoms with Gasteiger partial charge < -0.3 is 5.11 Å². The number of halogens is 4. The highest BCUT2D eigenvalue weighted by Crippen LogP contribution is 2.42. The molecule has 16 heavy (non-hydrogen) atoms. The van der Waals surface area contributed by atoms with Gasteiger partial charge in [-0.05, 0) is 6.92 Å². The second kappa shape index (κ2) is 3.77. The Balaban J connectivity index is 3.34. The van der Waals surface area contributed by atoms with Crippen LogP contribution in [0.15, 0.2) is 24.3 Å². The quantitative estimate of drug-likeness (QED) is 0.801. The zero-order valence-corrected chi connectivity index (χ0v) is 8.18. The first kappa shape index (κ1) is 12.5. The maximum Gasteiger partial charge on any atom is 0.437 e. The van der Waals surface area contributed by atoms with Gasteiger partial charge in [-0.3, -0.25) is 0 Å². The van der Waals surface area contributed by atoms with Crippen LogP contribution < -0.4 is 0 Å². The molecule has 0 aliphatic heterocycles. The lowest BCUT2D eigenvalue weighted by atomic mass is 9.94. The van der Waals surface area contributed by atoms with Crippen molar-refractivity contribution in [2.45, 2.75) is 18.8 Å². The molecule has 1 unspecified atom stereocenters. The molecule has 1 N–H and O–H groups in total. The van der Waals surface area contributed by atoms with E-state index in [4.69, 9.17) is 5.11 Å². The third-order valence-corrected chi connectivity index (χ3v) is 2.13. The van der Waals surface area contributed by atoms with E-state index in [2.05, 4.69) is 0 Å².